The molecule has 3 rings (SSSR count). The molecule has 1 heterocycles. The molecular formula is C23H27N3O2S. The Morgan fingerprint density at radius 1 is 1.17 bits per heavy atom. The maximum atomic E-state index is 12.7. The molecular weight excluding hydrogens is 382 g/mol. The van der Waals surface area contributed by atoms with E-state index in [1.54, 1.807) is 4.90 Å². The third-order valence-corrected chi connectivity index (χ3v) is 6.11. The molecule has 1 aliphatic heterocycles. The lowest BCUT2D eigenvalue weighted by atomic mass is 9.96. The quantitative estimate of drug-likeness (QED) is 0.748. The lowest BCUT2D eigenvalue weighted by molar-refractivity contribution is -0.120. The van der Waals surface area contributed by atoms with E-state index in [9.17, 15) is 9.59 Å². The Balaban J connectivity index is 1.60. The SMILES string of the molecule is CC[C@@H](CNC(=O)[C@@H](C)SC1=NCC(=O)N1c1ccc(C)cc1)c1ccccc1. The van der Waals surface area contributed by atoms with Crippen LogP contribution in [0.1, 0.15) is 37.3 Å². The summed E-state index contributed by atoms with van der Waals surface area (Å²) >= 11 is 1.32. The number of hydrogen-bond donors (Lipinski definition) is 1. The summed E-state index contributed by atoms with van der Waals surface area (Å²) in [6.45, 7) is 6.70. The zero-order valence-corrected chi connectivity index (χ0v) is 17.9. The number of nitrogens with zero attached hydrogens (tertiary/aromatic N) is 2. The highest BCUT2D eigenvalue weighted by Gasteiger charge is 2.30. The van der Waals surface area contributed by atoms with Crippen LogP contribution in [0.25, 0.3) is 0 Å². The zero-order valence-electron chi connectivity index (χ0n) is 17.1. The van der Waals surface area contributed by atoms with Crippen LogP contribution in [0, 0.1) is 6.92 Å². The first-order valence-corrected chi connectivity index (χ1v) is 10.8. The van der Waals surface area contributed by atoms with E-state index in [-0.39, 0.29) is 29.5 Å². The Morgan fingerprint density at radius 2 is 1.86 bits per heavy atom. The molecule has 2 atom stereocenters. The third kappa shape index (κ3) is 5.26. The van der Waals surface area contributed by atoms with Crippen LogP contribution in [0.2, 0.25) is 0 Å². The Bertz CT molecular complexity index is 881. The molecule has 0 bridgehead atoms. The number of rotatable bonds is 7. The molecule has 2 aromatic rings. The van der Waals surface area contributed by atoms with Crippen molar-refractivity contribution < 1.29 is 9.59 Å². The highest BCUT2D eigenvalue weighted by atomic mass is 32.2. The summed E-state index contributed by atoms with van der Waals surface area (Å²) < 4.78 is 0. The molecule has 0 saturated carbocycles. The first kappa shape index (κ1) is 21.1. The Hall–Kier alpha value is -2.60. The molecule has 1 N–H and O–H groups in total. The molecule has 0 aromatic heterocycles. The van der Waals surface area contributed by atoms with Gasteiger partial charge in [-0.3, -0.25) is 19.5 Å². The van der Waals surface area contributed by atoms with Gasteiger partial charge in [0.05, 0.1) is 10.9 Å². The van der Waals surface area contributed by atoms with Crippen molar-refractivity contribution in [3.05, 3.63) is 65.7 Å². The number of amides is 2. The summed E-state index contributed by atoms with van der Waals surface area (Å²) in [5, 5.41) is 3.29. The van der Waals surface area contributed by atoms with E-state index < -0.39 is 0 Å². The van der Waals surface area contributed by atoms with Crippen LogP contribution < -0.4 is 10.2 Å². The molecule has 0 aliphatic carbocycles. The van der Waals surface area contributed by atoms with Crippen LogP contribution in [-0.4, -0.2) is 35.3 Å². The summed E-state index contributed by atoms with van der Waals surface area (Å²) in [6, 6.07) is 18.0. The van der Waals surface area contributed by atoms with Gasteiger partial charge in [-0.1, -0.05) is 66.7 Å². The fourth-order valence-corrected chi connectivity index (χ4v) is 4.18. The van der Waals surface area contributed by atoms with Gasteiger partial charge in [-0.2, -0.15) is 0 Å². The molecule has 0 fully saturated rings. The largest absolute Gasteiger partial charge is 0.355 e. The minimum atomic E-state index is -0.346. The van der Waals surface area contributed by atoms with Crippen LogP contribution in [0.15, 0.2) is 59.6 Å². The Labute approximate surface area is 176 Å². The molecule has 0 radical (unpaired) electrons. The van der Waals surface area contributed by atoms with Crippen LogP contribution in [0.3, 0.4) is 0 Å². The van der Waals surface area contributed by atoms with Crippen molar-refractivity contribution in [3.8, 4) is 0 Å². The number of carbonyl (C=O) groups excluding carboxylic acids is 2. The van der Waals surface area contributed by atoms with Crippen LogP contribution in [0.5, 0.6) is 0 Å². The van der Waals surface area contributed by atoms with Crippen molar-refractivity contribution in [2.45, 2.75) is 38.4 Å². The highest BCUT2D eigenvalue weighted by molar-refractivity contribution is 8.15. The van der Waals surface area contributed by atoms with Gasteiger partial charge in [0.1, 0.15) is 6.54 Å². The smallest absolute Gasteiger partial charge is 0.254 e. The number of carbonyl (C=O) groups is 2. The van der Waals surface area contributed by atoms with Crippen LogP contribution in [-0.2, 0) is 9.59 Å². The first-order chi connectivity index (χ1) is 14.0. The van der Waals surface area contributed by atoms with Gasteiger partial charge in [-0.25, -0.2) is 0 Å². The number of hydrogen-bond acceptors (Lipinski definition) is 4. The summed E-state index contributed by atoms with van der Waals surface area (Å²) in [6.07, 6.45) is 0.953. The van der Waals surface area contributed by atoms with Gasteiger partial charge in [-0.15, -0.1) is 0 Å². The van der Waals surface area contributed by atoms with Crippen molar-refractivity contribution in [2.24, 2.45) is 4.99 Å². The van der Waals surface area contributed by atoms with Gasteiger partial charge in [-0.05, 0) is 38.0 Å². The minimum absolute atomic E-state index is 0.0460. The second-order valence-corrected chi connectivity index (χ2v) is 8.49. The highest BCUT2D eigenvalue weighted by Crippen LogP contribution is 2.27. The van der Waals surface area contributed by atoms with E-state index >= 15 is 0 Å². The lowest BCUT2D eigenvalue weighted by Crippen LogP contribution is -2.37. The maximum Gasteiger partial charge on any atom is 0.254 e. The molecule has 29 heavy (non-hydrogen) atoms. The topological polar surface area (TPSA) is 61.8 Å². The van der Waals surface area contributed by atoms with Crippen molar-refractivity contribution >= 4 is 34.4 Å². The van der Waals surface area contributed by atoms with Crippen LogP contribution in [0.4, 0.5) is 5.69 Å². The molecule has 2 amide bonds. The molecule has 0 spiro atoms. The Kier molecular flexibility index (Phi) is 7.09. The maximum absolute atomic E-state index is 12.7. The Morgan fingerprint density at radius 3 is 2.52 bits per heavy atom. The van der Waals surface area contributed by atoms with Gasteiger partial charge < -0.3 is 5.32 Å². The van der Waals surface area contributed by atoms with Crippen molar-refractivity contribution in [3.63, 3.8) is 0 Å². The number of anilines is 1. The fourth-order valence-electron chi connectivity index (χ4n) is 3.22. The predicted molar refractivity (Wildman–Crippen MR) is 121 cm³/mol. The van der Waals surface area contributed by atoms with Crippen molar-refractivity contribution in [1.82, 2.24) is 5.32 Å². The normalized spacial score (nSPS) is 15.8. The lowest BCUT2D eigenvalue weighted by Gasteiger charge is -2.21. The fraction of sp³-hybridized carbons (Fsp3) is 0.348. The molecule has 6 heteroatoms. The van der Waals surface area contributed by atoms with Gasteiger partial charge in [0, 0.05) is 12.5 Å². The monoisotopic (exact) mass is 409 g/mol. The molecule has 2 aromatic carbocycles. The van der Waals surface area contributed by atoms with E-state index in [0.29, 0.717) is 11.7 Å². The summed E-state index contributed by atoms with van der Waals surface area (Å²) in [7, 11) is 0. The van der Waals surface area contributed by atoms with E-state index in [1.165, 1.54) is 17.3 Å². The average Bonchev–Trinajstić information content (AvgIpc) is 3.09. The number of nitrogens with one attached hydrogen (secondary N) is 1. The van der Waals surface area contributed by atoms with Crippen molar-refractivity contribution in [2.75, 3.05) is 18.0 Å². The van der Waals surface area contributed by atoms with E-state index in [4.69, 9.17) is 0 Å². The first-order valence-electron chi connectivity index (χ1n) is 9.93. The second kappa shape index (κ2) is 9.74. The number of amidine groups is 1. The molecule has 1 aliphatic rings. The standard InChI is InChI=1S/C23H27N3O2S/c1-4-18(19-8-6-5-7-9-19)14-24-22(28)17(3)29-23-25-15-21(27)26(23)20-12-10-16(2)11-13-20/h5-13,17-18H,4,14-15H2,1-3H3,(H,24,28)/t17-,18+/m1/s1. The number of thioether (sulfide) groups is 1. The van der Waals surface area contributed by atoms with Gasteiger partial charge in [0.2, 0.25) is 5.91 Å². The summed E-state index contributed by atoms with van der Waals surface area (Å²) in [5.74, 6) is 0.168. The number of aliphatic imine (C=N–C) groups is 1. The predicted octanol–water partition coefficient (Wildman–Crippen LogP) is 4.13. The molecule has 0 saturated heterocycles. The van der Waals surface area contributed by atoms with Gasteiger partial charge in [0.15, 0.2) is 5.17 Å². The molecule has 5 nitrogen and oxygen atoms in total. The summed E-state index contributed by atoms with van der Waals surface area (Å²) in [5.41, 5.74) is 3.14. The van der Waals surface area contributed by atoms with Gasteiger partial charge in [0.25, 0.3) is 5.91 Å². The van der Waals surface area contributed by atoms with E-state index in [2.05, 4.69) is 29.4 Å². The molecule has 0 unspecified atom stereocenters. The van der Waals surface area contributed by atoms with Gasteiger partial charge >= 0.3 is 0 Å². The third-order valence-electron chi connectivity index (χ3n) is 5.02. The second-order valence-electron chi connectivity index (χ2n) is 7.18. The van der Waals surface area contributed by atoms with E-state index in [1.807, 2.05) is 56.3 Å². The zero-order chi connectivity index (χ0) is 20.8. The summed E-state index contributed by atoms with van der Waals surface area (Å²) in [4.78, 5) is 30.9. The molecule has 152 valence electrons. The van der Waals surface area contributed by atoms with Crippen LogP contribution >= 0.6 is 11.8 Å². The van der Waals surface area contributed by atoms with Crippen molar-refractivity contribution in [1.29, 1.82) is 0 Å². The average molecular weight is 410 g/mol. The number of aryl methyl sites for hydroxylation is 1. The minimum Gasteiger partial charge on any atom is -0.355 e. The number of benzene rings is 2. The van der Waals surface area contributed by atoms with E-state index in [0.717, 1.165) is 17.7 Å².